The molecular formula is C25H17BrCl2INO4. The maximum absolute atomic E-state index is 12.4. The van der Waals surface area contributed by atoms with Crippen LogP contribution in [-0.2, 0) is 16.1 Å². The molecular weight excluding hydrogens is 656 g/mol. The molecule has 0 N–H and O–H groups in total. The Labute approximate surface area is 229 Å². The third kappa shape index (κ3) is 5.94. The second kappa shape index (κ2) is 11.1. The van der Waals surface area contributed by atoms with E-state index in [0.717, 1.165) is 13.6 Å². The van der Waals surface area contributed by atoms with Crippen LogP contribution in [0.1, 0.15) is 23.6 Å². The van der Waals surface area contributed by atoms with Gasteiger partial charge in [-0.2, -0.15) is 0 Å². The lowest BCUT2D eigenvalue weighted by Gasteiger charge is -2.14. The topological polar surface area (TPSA) is 57.1 Å². The first-order valence-corrected chi connectivity index (χ1v) is 12.8. The quantitative estimate of drug-likeness (QED) is 0.147. The molecule has 5 nitrogen and oxygen atoms in total. The predicted molar refractivity (Wildman–Crippen MR) is 146 cm³/mol. The van der Waals surface area contributed by atoms with Gasteiger partial charge >= 0.3 is 5.97 Å². The van der Waals surface area contributed by atoms with Gasteiger partial charge in [0.2, 0.25) is 5.90 Å². The Morgan fingerprint density at radius 3 is 2.68 bits per heavy atom. The van der Waals surface area contributed by atoms with Crippen LogP contribution in [0.4, 0.5) is 0 Å². The normalized spacial score (nSPS) is 14.2. The summed E-state index contributed by atoms with van der Waals surface area (Å²) >= 11 is 18.3. The summed E-state index contributed by atoms with van der Waals surface area (Å²) < 4.78 is 19.0. The molecule has 1 aliphatic rings. The highest BCUT2D eigenvalue weighted by Crippen LogP contribution is 2.38. The number of rotatable bonds is 7. The highest BCUT2D eigenvalue weighted by atomic mass is 127. The van der Waals surface area contributed by atoms with Crippen LogP contribution in [0, 0.1) is 3.57 Å². The number of aliphatic imine (C=N–C) groups is 1. The first-order valence-electron chi connectivity index (χ1n) is 10.2. The van der Waals surface area contributed by atoms with E-state index in [-0.39, 0.29) is 18.2 Å². The molecule has 0 saturated heterocycles. The molecule has 0 aromatic heterocycles. The minimum atomic E-state index is -0.542. The lowest BCUT2D eigenvalue weighted by molar-refractivity contribution is -0.129. The smallest absolute Gasteiger partial charge is 0.363 e. The van der Waals surface area contributed by atoms with E-state index in [1.165, 1.54) is 0 Å². The number of carbonyl (C=O) groups is 1. The molecule has 0 unspecified atom stereocenters. The molecule has 3 aromatic rings. The van der Waals surface area contributed by atoms with Crippen LogP contribution in [0.2, 0.25) is 10.0 Å². The van der Waals surface area contributed by atoms with Crippen molar-refractivity contribution in [1.29, 1.82) is 0 Å². The van der Waals surface area contributed by atoms with Crippen molar-refractivity contribution in [3.63, 3.8) is 0 Å². The Hall–Kier alpha value is -2.07. The Morgan fingerprint density at radius 1 is 1.12 bits per heavy atom. The molecule has 0 spiro atoms. The number of carbonyl (C=O) groups excluding carboxylic acids is 1. The van der Waals surface area contributed by atoms with Crippen molar-refractivity contribution >= 4 is 79.7 Å². The van der Waals surface area contributed by atoms with Crippen LogP contribution in [0.3, 0.4) is 0 Å². The minimum absolute atomic E-state index is 0.163. The number of benzene rings is 3. The van der Waals surface area contributed by atoms with Crippen molar-refractivity contribution in [3.8, 4) is 11.5 Å². The molecule has 34 heavy (non-hydrogen) atoms. The summed E-state index contributed by atoms with van der Waals surface area (Å²) in [5.41, 5.74) is 2.39. The molecule has 4 rings (SSSR count). The fourth-order valence-electron chi connectivity index (χ4n) is 3.18. The zero-order chi connectivity index (χ0) is 24.2. The lowest BCUT2D eigenvalue weighted by atomic mass is 10.1. The largest absolute Gasteiger partial charge is 0.490 e. The van der Waals surface area contributed by atoms with Crippen LogP contribution in [-0.4, -0.2) is 18.5 Å². The van der Waals surface area contributed by atoms with E-state index in [2.05, 4.69) is 43.5 Å². The second-order valence-corrected chi connectivity index (χ2v) is 10.0. The summed E-state index contributed by atoms with van der Waals surface area (Å²) in [6.07, 6.45) is 1.60. The van der Waals surface area contributed by atoms with Gasteiger partial charge in [-0.3, -0.25) is 0 Å². The number of hydrogen-bond donors (Lipinski definition) is 0. The van der Waals surface area contributed by atoms with Gasteiger partial charge in [-0.05, 0) is 105 Å². The first-order chi connectivity index (χ1) is 16.3. The van der Waals surface area contributed by atoms with Crippen molar-refractivity contribution in [2.24, 2.45) is 4.99 Å². The summed E-state index contributed by atoms with van der Waals surface area (Å²) in [6, 6.07) is 16.4. The van der Waals surface area contributed by atoms with Crippen molar-refractivity contribution in [1.82, 2.24) is 0 Å². The van der Waals surface area contributed by atoms with Crippen LogP contribution in [0.5, 0.6) is 11.5 Å². The zero-order valence-corrected chi connectivity index (χ0v) is 23.0. The van der Waals surface area contributed by atoms with Gasteiger partial charge in [-0.25, -0.2) is 9.79 Å². The van der Waals surface area contributed by atoms with Crippen LogP contribution < -0.4 is 9.47 Å². The van der Waals surface area contributed by atoms with Gasteiger partial charge in [-0.1, -0.05) is 35.3 Å². The Morgan fingerprint density at radius 2 is 1.94 bits per heavy atom. The third-order valence-corrected chi connectivity index (χ3v) is 7.55. The zero-order valence-electron chi connectivity index (χ0n) is 17.8. The van der Waals surface area contributed by atoms with Crippen LogP contribution in [0.15, 0.2) is 69.8 Å². The van der Waals surface area contributed by atoms with Gasteiger partial charge in [0.1, 0.15) is 6.61 Å². The number of cyclic esters (lactones) is 1. The molecule has 0 aliphatic carbocycles. The van der Waals surface area contributed by atoms with Gasteiger partial charge in [0, 0.05) is 18.6 Å². The summed E-state index contributed by atoms with van der Waals surface area (Å²) in [4.78, 5) is 16.8. The molecule has 3 aromatic carbocycles. The average molecular weight is 673 g/mol. The molecule has 9 heteroatoms. The summed E-state index contributed by atoms with van der Waals surface area (Å²) in [5.74, 6) is 0.569. The summed E-state index contributed by atoms with van der Waals surface area (Å²) in [6.45, 7) is 2.55. The van der Waals surface area contributed by atoms with E-state index in [1.54, 1.807) is 24.3 Å². The summed E-state index contributed by atoms with van der Waals surface area (Å²) in [7, 11) is 0. The van der Waals surface area contributed by atoms with Gasteiger partial charge in [0.25, 0.3) is 0 Å². The third-order valence-electron chi connectivity index (χ3n) is 4.69. The predicted octanol–water partition coefficient (Wildman–Crippen LogP) is 7.68. The van der Waals surface area contributed by atoms with E-state index >= 15 is 0 Å². The second-order valence-electron chi connectivity index (χ2n) is 7.15. The average Bonchev–Trinajstić information content (AvgIpc) is 3.15. The summed E-state index contributed by atoms with van der Waals surface area (Å²) in [5, 5.41) is 0.970. The first kappa shape index (κ1) is 25.0. The van der Waals surface area contributed by atoms with Gasteiger partial charge in [-0.15, -0.1) is 0 Å². The van der Waals surface area contributed by atoms with Crippen molar-refractivity contribution in [2.45, 2.75) is 13.5 Å². The monoisotopic (exact) mass is 671 g/mol. The van der Waals surface area contributed by atoms with E-state index < -0.39 is 5.97 Å². The highest BCUT2D eigenvalue weighted by molar-refractivity contribution is 14.1. The van der Waals surface area contributed by atoms with E-state index in [0.29, 0.717) is 39.3 Å². The van der Waals surface area contributed by atoms with E-state index in [9.17, 15) is 4.79 Å². The highest BCUT2D eigenvalue weighted by Gasteiger charge is 2.25. The fraction of sp³-hybridized carbons (Fsp3) is 0.120. The Bertz CT molecular complexity index is 1330. The molecule has 0 atom stereocenters. The number of hydrogen-bond acceptors (Lipinski definition) is 5. The maximum atomic E-state index is 12.4. The maximum Gasteiger partial charge on any atom is 0.363 e. The number of ether oxygens (including phenoxy) is 3. The van der Waals surface area contributed by atoms with Gasteiger partial charge < -0.3 is 14.2 Å². The van der Waals surface area contributed by atoms with E-state index in [4.69, 9.17) is 37.4 Å². The van der Waals surface area contributed by atoms with E-state index in [1.807, 2.05) is 43.3 Å². The SMILES string of the molecule is CCOc1cc(/C=C2\N=C(c3ccc(I)c(Br)c3)OC2=O)cc(Cl)c1OCc1cccc(Cl)c1. The molecule has 174 valence electrons. The number of esters is 1. The van der Waals surface area contributed by atoms with Crippen molar-refractivity contribution in [3.05, 3.63) is 95.1 Å². The Kier molecular flexibility index (Phi) is 8.18. The lowest BCUT2D eigenvalue weighted by Crippen LogP contribution is -2.05. The number of nitrogens with zero attached hydrogens (tertiary/aromatic N) is 1. The molecule has 0 saturated carbocycles. The Balaban J connectivity index is 1.61. The van der Waals surface area contributed by atoms with Crippen LogP contribution >= 0.6 is 61.7 Å². The molecule has 1 aliphatic heterocycles. The van der Waals surface area contributed by atoms with Crippen LogP contribution in [0.25, 0.3) is 6.08 Å². The standard InChI is InChI=1S/C25H17BrCl2INO4/c1-2-32-22-11-15(9-19(28)23(22)33-13-14-4-3-5-17(27)8-14)10-21-25(31)34-24(30-21)16-6-7-20(29)18(26)12-16/h3-12H,2,13H2,1H3/b21-10-. The minimum Gasteiger partial charge on any atom is -0.490 e. The van der Waals surface area contributed by atoms with Gasteiger partial charge in [0.05, 0.1) is 11.6 Å². The molecule has 0 radical (unpaired) electrons. The molecule has 0 bridgehead atoms. The molecule has 0 fully saturated rings. The molecule has 1 heterocycles. The fourth-order valence-corrected chi connectivity index (χ4v) is 4.38. The van der Waals surface area contributed by atoms with Crippen molar-refractivity contribution in [2.75, 3.05) is 6.61 Å². The van der Waals surface area contributed by atoms with Gasteiger partial charge in [0.15, 0.2) is 17.2 Å². The van der Waals surface area contributed by atoms with Crippen molar-refractivity contribution < 1.29 is 19.0 Å². The molecule has 0 amide bonds. The number of halogens is 4.